The Morgan fingerprint density at radius 1 is 1.32 bits per heavy atom. The van der Waals surface area contributed by atoms with Crippen molar-refractivity contribution in [1.82, 2.24) is 10.6 Å². The van der Waals surface area contributed by atoms with E-state index in [1.54, 1.807) is 0 Å². The maximum atomic E-state index is 12.2. The van der Waals surface area contributed by atoms with Crippen LogP contribution in [0.1, 0.15) is 64.2 Å². The van der Waals surface area contributed by atoms with Crippen molar-refractivity contribution in [2.75, 3.05) is 19.6 Å². The molecule has 3 unspecified atom stereocenters. The summed E-state index contributed by atoms with van der Waals surface area (Å²) in [6.45, 7) is 11.0. The van der Waals surface area contributed by atoms with Crippen LogP contribution in [0.15, 0.2) is 24.3 Å². The molecule has 1 fully saturated rings. The highest BCUT2D eigenvalue weighted by molar-refractivity contribution is 5.76. The van der Waals surface area contributed by atoms with E-state index in [0.717, 1.165) is 18.7 Å². The van der Waals surface area contributed by atoms with E-state index >= 15 is 0 Å². The molecule has 0 radical (unpaired) electrons. The molecule has 4 heteroatoms. The lowest BCUT2D eigenvalue weighted by atomic mass is 9.85. The van der Waals surface area contributed by atoms with Crippen LogP contribution in [0, 0.1) is 11.8 Å². The summed E-state index contributed by atoms with van der Waals surface area (Å²) in [5, 5.41) is 16.6. The Hall–Kier alpha value is -1.39. The molecule has 25 heavy (non-hydrogen) atoms. The predicted octanol–water partition coefficient (Wildman–Crippen LogP) is 3.16. The zero-order valence-corrected chi connectivity index (χ0v) is 16.1. The van der Waals surface area contributed by atoms with Crippen molar-refractivity contribution in [3.63, 3.8) is 0 Å². The van der Waals surface area contributed by atoms with Gasteiger partial charge < -0.3 is 15.7 Å². The van der Waals surface area contributed by atoms with Gasteiger partial charge in [-0.05, 0) is 54.3 Å². The van der Waals surface area contributed by atoms with Gasteiger partial charge in [-0.1, -0.05) is 52.0 Å². The number of hydrogen-bond donors (Lipinski definition) is 3. The standard InChI is InChI=1S/C21H34N2O2/c1-15(17-6-5-11-22-13-17)12-20(25)23-14-19(24)16-7-9-18(10-8-16)21(2,3)4/h7-10,15,17,19,22,24H,5-6,11-14H2,1-4H3,(H,23,25). The Labute approximate surface area is 152 Å². The first-order chi connectivity index (χ1) is 11.8. The molecule has 1 heterocycles. The van der Waals surface area contributed by atoms with E-state index in [0.29, 0.717) is 18.3 Å². The van der Waals surface area contributed by atoms with Gasteiger partial charge in [-0.25, -0.2) is 0 Å². The van der Waals surface area contributed by atoms with Gasteiger partial charge in [-0.2, -0.15) is 0 Å². The average molecular weight is 347 g/mol. The third-order valence-electron chi connectivity index (χ3n) is 5.30. The number of nitrogens with one attached hydrogen (secondary N) is 2. The molecule has 3 atom stereocenters. The molecule has 0 saturated carbocycles. The number of piperidine rings is 1. The van der Waals surface area contributed by atoms with Gasteiger partial charge >= 0.3 is 0 Å². The number of hydrogen-bond acceptors (Lipinski definition) is 3. The first-order valence-electron chi connectivity index (χ1n) is 9.53. The summed E-state index contributed by atoms with van der Waals surface area (Å²) in [5.41, 5.74) is 2.18. The quantitative estimate of drug-likeness (QED) is 0.741. The molecule has 1 saturated heterocycles. The molecule has 1 aliphatic heterocycles. The van der Waals surface area contributed by atoms with E-state index in [2.05, 4.69) is 50.5 Å². The Balaban J connectivity index is 1.78. The van der Waals surface area contributed by atoms with Crippen molar-refractivity contribution in [2.24, 2.45) is 11.8 Å². The summed E-state index contributed by atoms with van der Waals surface area (Å²) in [6.07, 6.45) is 2.26. The third-order valence-corrected chi connectivity index (χ3v) is 5.30. The fourth-order valence-corrected chi connectivity index (χ4v) is 3.43. The second-order valence-corrected chi connectivity index (χ2v) is 8.48. The number of aliphatic hydroxyl groups excluding tert-OH is 1. The maximum absolute atomic E-state index is 12.2. The van der Waals surface area contributed by atoms with Gasteiger partial charge in [0.25, 0.3) is 0 Å². The smallest absolute Gasteiger partial charge is 0.220 e. The Kier molecular flexibility index (Phi) is 7.03. The first-order valence-corrected chi connectivity index (χ1v) is 9.53. The van der Waals surface area contributed by atoms with E-state index in [4.69, 9.17) is 0 Å². The molecule has 0 aliphatic carbocycles. The molecule has 2 rings (SSSR count). The molecule has 1 aliphatic rings. The van der Waals surface area contributed by atoms with Gasteiger partial charge in [-0.3, -0.25) is 4.79 Å². The van der Waals surface area contributed by atoms with Crippen LogP contribution in [0.5, 0.6) is 0 Å². The lowest BCUT2D eigenvalue weighted by Gasteiger charge is -2.28. The van der Waals surface area contributed by atoms with Crippen LogP contribution in [0.4, 0.5) is 0 Å². The van der Waals surface area contributed by atoms with E-state index in [1.807, 2.05) is 12.1 Å². The summed E-state index contributed by atoms with van der Waals surface area (Å²) in [4.78, 5) is 12.2. The van der Waals surface area contributed by atoms with Crippen LogP contribution in [0.3, 0.4) is 0 Å². The number of carbonyl (C=O) groups excluding carboxylic acids is 1. The molecule has 4 nitrogen and oxygen atoms in total. The topological polar surface area (TPSA) is 61.4 Å². The largest absolute Gasteiger partial charge is 0.387 e. The van der Waals surface area contributed by atoms with Crippen molar-refractivity contribution in [2.45, 2.75) is 58.5 Å². The van der Waals surface area contributed by atoms with Crippen molar-refractivity contribution in [1.29, 1.82) is 0 Å². The molecule has 0 spiro atoms. The minimum Gasteiger partial charge on any atom is -0.387 e. The molecule has 140 valence electrons. The maximum Gasteiger partial charge on any atom is 0.220 e. The fourth-order valence-electron chi connectivity index (χ4n) is 3.43. The molecular weight excluding hydrogens is 312 g/mol. The number of benzene rings is 1. The van der Waals surface area contributed by atoms with Gasteiger partial charge in [0.1, 0.15) is 0 Å². The van der Waals surface area contributed by atoms with Gasteiger partial charge in [0.05, 0.1) is 6.10 Å². The molecule has 3 N–H and O–H groups in total. The van der Waals surface area contributed by atoms with Crippen molar-refractivity contribution < 1.29 is 9.90 Å². The molecule has 0 bridgehead atoms. The number of rotatable bonds is 6. The average Bonchev–Trinajstić information content (AvgIpc) is 2.59. The van der Waals surface area contributed by atoms with Crippen LogP contribution >= 0.6 is 0 Å². The SMILES string of the molecule is CC(CC(=O)NCC(O)c1ccc(C(C)(C)C)cc1)C1CCCNC1. The van der Waals surface area contributed by atoms with Crippen LogP contribution in [-0.2, 0) is 10.2 Å². The molecule has 1 amide bonds. The number of carbonyl (C=O) groups is 1. The second-order valence-electron chi connectivity index (χ2n) is 8.48. The Morgan fingerprint density at radius 3 is 2.56 bits per heavy atom. The Morgan fingerprint density at radius 2 is 2.00 bits per heavy atom. The van der Waals surface area contributed by atoms with Crippen LogP contribution in [0.2, 0.25) is 0 Å². The van der Waals surface area contributed by atoms with Crippen LogP contribution in [-0.4, -0.2) is 30.6 Å². The minimum atomic E-state index is -0.662. The van der Waals surface area contributed by atoms with Gasteiger partial charge in [0.2, 0.25) is 5.91 Å². The highest BCUT2D eigenvalue weighted by Gasteiger charge is 2.22. The molecule has 0 aromatic heterocycles. The Bertz CT molecular complexity index is 542. The molecule has 1 aromatic carbocycles. The highest BCUT2D eigenvalue weighted by atomic mass is 16.3. The van der Waals surface area contributed by atoms with Gasteiger partial charge in [0, 0.05) is 13.0 Å². The van der Waals surface area contributed by atoms with Crippen molar-refractivity contribution in [3.8, 4) is 0 Å². The molecular formula is C21H34N2O2. The first kappa shape index (κ1) is 19.9. The summed E-state index contributed by atoms with van der Waals surface area (Å²) < 4.78 is 0. The van der Waals surface area contributed by atoms with E-state index in [-0.39, 0.29) is 17.9 Å². The zero-order valence-electron chi connectivity index (χ0n) is 16.1. The van der Waals surface area contributed by atoms with E-state index in [1.165, 1.54) is 18.4 Å². The summed E-state index contributed by atoms with van der Waals surface area (Å²) >= 11 is 0. The van der Waals surface area contributed by atoms with Crippen LogP contribution < -0.4 is 10.6 Å². The summed E-state index contributed by atoms with van der Waals surface area (Å²) in [6, 6.07) is 8.01. The zero-order chi connectivity index (χ0) is 18.4. The normalized spacial score (nSPS) is 20.8. The minimum absolute atomic E-state index is 0.0310. The van der Waals surface area contributed by atoms with Crippen molar-refractivity contribution in [3.05, 3.63) is 35.4 Å². The van der Waals surface area contributed by atoms with Gasteiger partial charge in [0.15, 0.2) is 0 Å². The fraction of sp³-hybridized carbons (Fsp3) is 0.667. The molecule has 1 aromatic rings. The van der Waals surface area contributed by atoms with Gasteiger partial charge in [-0.15, -0.1) is 0 Å². The van der Waals surface area contributed by atoms with E-state index < -0.39 is 6.10 Å². The summed E-state index contributed by atoms with van der Waals surface area (Å²) in [7, 11) is 0. The lowest BCUT2D eigenvalue weighted by molar-refractivity contribution is -0.122. The van der Waals surface area contributed by atoms with E-state index in [9.17, 15) is 9.90 Å². The second kappa shape index (κ2) is 8.81. The number of amides is 1. The number of aliphatic hydroxyl groups is 1. The summed E-state index contributed by atoms with van der Waals surface area (Å²) in [5.74, 6) is 0.980. The van der Waals surface area contributed by atoms with Crippen molar-refractivity contribution >= 4 is 5.91 Å². The highest BCUT2D eigenvalue weighted by Crippen LogP contribution is 2.24. The van der Waals surface area contributed by atoms with Crippen LogP contribution in [0.25, 0.3) is 0 Å². The monoisotopic (exact) mass is 346 g/mol. The third kappa shape index (κ3) is 6.12. The predicted molar refractivity (Wildman–Crippen MR) is 102 cm³/mol. The lowest BCUT2D eigenvalue weighted by Crippen LogP contribution is -2.36.